The summed E-state index contributed by atoms with van der Waals surface area (Å²) in [7, 11) is 4.10. The highest BCUT2D eigenvalue weighted by Crippen LogP contribution is 2.29. The number of benzene rings is 1. The van der Waals surface area contributed by atoms with Crippen molar-refractivity contribution in [2.45, 2.75) is 116 Å². The molecule has 2 saturated heterocycles. The number of nitrogens with one attached hydrogen (secondary N) is 3. The second-order valence-corrected chi connectivity index (χ2v) is 17.7. The minimum Gasteiger partial charge on any atom is -0.505 e. The van der Waals surface area contributed by atoms with E-state index in [-0.39, 0.29) is 36.8 Å². The van der Waals surface area contributed by atoms with Crippen molar-refractivity contribution in [3.63, 3.8) is 0 Å². The highest BCUT2D eigenvalue weighted by molar-refractivity contribution is 6.01. The molecular weight excluding hydrogens is 817 g/mol. The molecule has 4 rings (SSSR count). The van der Waals surface area contributed by atoms with E-state index in [0.717, 1.165) is 14.7 Å². The minimum absolute atomic E-state index is 0.0173. The van der Waals surface area contributed by atoms with Crippen molar-refractivity contribution in [2.24, 2.45) is 17.8 Å². The Morgan fingerprint density at radius 1 is 0.889 bits per heavy atom. The lowest BCUT2D eigenvalue weighted by Crippen LogP contribution is -2.64. The summed E-state index contributed by atoms with van der Waals surface area (Å²) in [5, 5.41) is 28.8. The van der Waals surface area contributed by atoms with E-state index in [0.29, 0.717) is 0 Å². The number of esters is 1. The van der Waals surface area contributed by atoms with Crippen molar-refractivity contribution in [1.29, 1.82) is 0 Å². The minimum atomic E-state index is -2.21. The third kappa shape index (κ3) is 11.1. The largest absolute Gasteiger partial charge is 0.505 e. The summed E-state index contributed by atoms with van der Waals surface area (Å²) in [6.45, 7) is 13.1. The molecule has 63 heavy (non-hydrogen) atoms. The van der Waals surface area contributed by atoms with Crippen molar-refractivity contribution < 1.29 is 53.3 Å². The van der Waals surface area contributed by atoms with Gasteiger partial charge in [0.05, 0.1) is 6.10 Å². The summed E-state index contributed by atoms with van der Waals surface area (Å²) in [5.41, 5.74) is -1.92. The van der Waals surface area contributed by atoms with Crippen molar-refractivity contribution in [2.75, 3.05) is 27.7 Å². The zero-order valence-corrected chi connectivity index (χ0v) is 37.8. The van der Waals surface area contributed by atoms with E-state index in [9.17, 15) is 48.6 Å². The normalized spacial score (nSPS) is 26.5. The third-order valence-electron chi connectivity index (χ3n) is 12.0. The van der Waals surface area contributed by atoms with Crippen LogP contribution in [0.15, 0.2) is 48.7 Å². The second kappa shape index (κ2) is 20.4. The average molecular weight is 879 g/mol. The molecule has 344 valence electrons. The molecule has 0 unspecified atom stereocenters. The summed E-state index contributed by atoms with van der Waals surface area (Å²) < 4.78 is 5.74. The van der Waals surface area contributed by atoms with Crippen LogP contribution in [-0.2, 0) is 38.3 Å². The Morgan fingerprint density at radius 2 is 1.52 bits per heavy atom. The van der Waals surface area contributed by atoms with Crippen LogP contribution in [0.1, 0.15) is 90.3 Å². The number of rotatable bonds is 7. The van der Waals surface area contributed by atoms with Crippen molar-refractivity contribution >= 4 is 47.3 Å². The van der Waals surface area contributed by atoms with Gasteiger partial charge in [-0.1, -0.05) is 65.0 Å². The van der Waals surface area contributed by atoms with Crippen molar-refractivity contribution in [1.82, 2.24) is 40.5 Å². The molecule has 2 aliphatic rings. The average Bonchev–Trinajstić information content (AvgIpc) is 3.62. The van der Waals surface area contributed by atoms with E-state index in [1.165, 1.54) is 77.3 Å². The molecule has 8 atom stereocenters. The third-order valence-corrected chi connectivity index (χ3v) is 12.0. The lowest BCUT2D eigenvalue weighted by atomic mass is 9.87. The highest BCUT2D eigenvalue weighted by atomic mass is 16.6. The molecule has 19 heteroatoms. The van der Waals surface area contributed by atoms with Gasteiger partial charge in [-0.2, -0.15) is 0 Å². The topological polar surface area (TPSA) is 248 Å². The molecule has 2 aromatic rings. The Bertz CT molecular complexity index is 2050. The van der Waals surface area contributed by atoms with Crippen LogP contribution in [0.3, 0.4) is 0 Å². The van der Waals surface area contributed by atoms with Gasteiger partial charge in [-0.15, -0.1) is 0 Å². The van der Waals surface area contributed by atoms with E-state index in [4.69, 9.17) is 4.74 Å². The van der Waals surface area contributed by atoms with E-state index in [1.807, 2.05) is 13.8 Å². The molecule has 0 radical (unpaired) electrons. The lowest BCUT2D eigenvalue weighted by Gasteiger charge is -2.43. The van der Waals surface area contributed by atoms with E-state index >= 15 is 0 Å². The maximum absolute atomic E-state index is 14.6. The number of aromatic nitrogens is 1. The first-order valence-corrected chi connectivity index (χ1v) is 21.0. The fourth-order valence-electron chi connectivity index (χ4n) is 7.80. The van der Waals surface area contributed by atoms with Gasteiger partial charge < -0.3 is 50.5 Å². The molecule has 19 nitrogen and oxygen atoms in total. The fourth-order valence-corrected chi connectivity index (χ4v) is 7.80. The quantitative estimate of drug-likeness (QED) is 0.244. The van der Waals surface area contributed by atoms with Gasteiger partial charge in [0.1, 0.15) is 35.5 Å². The number of carbonyl (C=O) groups excluding carboxylic acids is 8. The van der Waals surface area contributed by atoms with Gasteiger partial charge in [-0.05, 0) is 62.6 Å². The number of nitrogens with zero attached hydrogens (tertiary/aromatic N) is 5. The maximum atomic E-state index is 14.6. The van der Waals surface area contributed by atoms with Crippen LogP contribution < -0.4 is 16.0 Å². The molecule has 7 amide bonds. The van der Waals surface area contributed by atoms with Gasteiger partial charge in [0.25, 0.3) is 18.0 Å². The van der Waals surface area contributed by atoms with Gasteiger partial charge in [0, 0.05) is 40.3 Å². The van der Waals surface area contributed by atoms with Gasteiger partial charge >= 0.3 is 5.97 Å². The molecule has 1 aromatic heterocycles. The van der Waals surface area contributed by atoms with Crippen LogP contribution in [0, 0.1) is 17.8 Å². The monoisotopic (exact) mass is 878 g/mol. The number of hydrogen-bond donors (Lipinski definition) is 5. The molecule has 0 bridgehead atoms. The van der Waals surface area contributed by atoms with Crippen molar-refractivity contribution in [3.05, 3.63) is 59.9 Å². The SMILES string of the molecule is CC(C)C[C@@H]1NC(=O)[C@H](NC(=O)c2ncccc2O)OC(=O)[C@@H](c2ccccc2)N(C)C(=O)[C@H](C)NC(=O)[C@@H]([C@H](C)C(C)C)N(C)C(=O)C(C)(C)N(C)C(=O)[C@@H]2C[C@H](O)CN2C1=O. The smallest absolute Gasteiger partial charge is 0.335 e. The Labute approximate surface area is 367 Å². The number of aromatic hydroxyl groups is 1. The predicted octanol–water partition coefficient (Wildman–Crippen LogP) is 0.953. The molecule has 2 fully saturated rings. The molecule has 0 aliphatic carbocycles. The number of hydrogen-bond acceptors (Lipinski definition) is 12. The zero-order valence-electron chi connectivity index (χ0n) is 37.8. The predicted molar refractivity (Wildman–Crippen MR) is 228 cm³/mol. The first-order valence-electron chi connectivity index (χ1n) is 21.0. The molecule has 0 saturated carbocycles. The molecule has 0 spiro atoms. The summed E-state index contributed by atoms with van der Waals surface area (Å²) in [4.78, 5) is 123. The number of aliphatic hydroxyl groups excluding tert-OH is 1. The Balaban J connectivity index is 1.91. The number of likely N-dealkylation sites (N-methyl/N-ethyl adjacent to an activating group) is 3. The maximum Gasteiger partial charge on any atom is 0.335 e. The van der Waals surface area contributed by atoms with Crippen LogP contribution >= 0.6 is 0 Å². The summed E-state index contributed by atoms with van der Waals surface area (Å²) in [5.74, 6) is -8.58. The molecule has 3 heterocycles. The van der Waals surface area contributed by atoms with Crippen LogP contribution in [0.25, 0.3) is 0 Å². The van der Waals surface area contributed by atoms with Crippen molar-refractivity contribution in [3.8, 4) is 5.75 Å². The number of pyridine rings is 1. The highest BCUT2D eigenvalue weighted by Gasteiger charge is 2.49. The number of carbonyl (C=O) groups is 8. The standard InChI is InChI=1S/C44H62N8O11/c1-23(2)20-29-40(59)52-22-28(53)21-30(52)41(60)51(11)44(7,8)43(62)50(10)33(25(5)24(3)4)36(56)46-26(6)39(58)49(9)34(27-16-13-12-14-17-27)42(61)63-38(37(57)47-29)48-35(55)32-31(54)18-15-19-45-32/h12-19,23-26,28-30,33-34,38,53-54H,20-22H2,1-11H3,(H,46,56)(H,47,57)(H,48,55)/t25-,26+,28+,29+,30+,33-,34-,38-/m1/s1. The first kappa shape index (κ1) is 49.5. The molecule has 2 aliphatic heterocycles. The fraction of sp³-hybridized carbons (Fsp3) is 0.568. The number of aliphatic hydroxyl groups is 1. The molecular formula is C44H62N8O11. The summed E-state index contributed by atoms with van der Waals surface area (Å²) in [6.07, 6.45) is -2.37. The molecule has 1 aromatic carbocycles. The number of fused-ring (bicyclic) bond motifs is 1. The first-order chi connectivity index (χ1) is 29.4. The van der Waals surface area contributed by atoms with Gasteiger partial charge in [0.15, 0.2) is 11.7 Å². The number of amides is 7. The van der Waals surface area contributed by atoms with Crippen LogP contribution in [0.4, 0.5) is 0 Å². The van der Waals surface area contributed by atoms with E-state index < -0.39 is 113 Å². The van der Waals surface area contributed by atoms with Crippen LogP contribution in [0.2, 0.25) is 0 Å². The Morgan fingerprint density at radius 3 is 2.11 bits per heavy atom. The van der Waals surface area contributed by atoms with Gasteiger partial charge in [0.2, 0.25) is 29.5 Å². The second-order valence-electron chi connectivity index (χ2n) is 17.7. The van der Waals surface area contributed by atoms with Crippen LogP contribution in [0.5, 0.6) is 5.75 Å². The van der Waals surface area contributed by atoms with Gasteiger partial charge in [-0.3, -0.25) is 33.6 Å². The molecule has 5 N–H and O–H groups in total. The summed E-state index contributed by atoms with van der Waals surface area (Å²) in [6, 6.07) is 3.70. The van der Waals surface area contributed by atoms with Crippen LogP contribution in [-0.4, -0.2) is 152 Å². The number of ether oxygens (including phenoxy) is 1. The Hall–Kier alpha value is -6.11. The zero-order chi connectivity index (χ0) is 47.2. The van der Waals surface area contributed by atoms with Gasteiger partial charge in [-0.25, -0.2) is 9.78 Å². The number of cyclic esters (lactones) is 1. The van der Waals surface area contributed by atoms with E-state index in [2.05, 4.69) is 20.9 Å². The Kier molecular flexibility index (Phi) is 16.0. The lowest BCUT2D eigenvalue weighted by molar-refractivity contribution is -0.165. The summed E-state index contributed by atoms with van der Waals surface area (Å²) >= 11 is 0. The van der Waals surface area contributed by atoms with E-state index in [1.54, 1.807) is 39.0 Å².